The Bertz CT molecular complexity index is 1210. The fraction of sp³-hybridized carbons (Fsp3) is 0.227. The molecular weight excluding hydrogens is 410 g/mol. The highest BCUT2D eigenvalue weighted by molar-refractivity contribution is 6.04. The number of aliphatic hydroxyl groups is 1. The topological polar surface area (TPSA) is 131 Å². The van der Waals surface area contributed by atoms with Crippen LogP contribution in [0.15, 0.2) is 55.0 Å². The molecule has 0 spiro atoms. The fourth-order valence-electron chi connectivity index (χ4n) is 2.93. The third-order valence-electron chi connectivity index (χ3n) is 4.41. The molecule has 0 atom stereocenters. The van der Waals surface area contributed by atoms with Crippen LogP contribution < -0.4 is 10.1 Å². The number of pyridine rings is 2. The maximum Gasteiger partial charge on any atom is 0.274 e. The Balaban J connectivity index is 1.53. The molecule has 0 saturated carbocycles. The van der Waals surface area contributed by atoms with Gasteiger partial charge < -0.3 is 15.2 Å². The van der Waals surface area contributed by atoms with Gasteiger partial charge in [0.1, 0.15) is 23.7 Å². The van der Waals surface area contributed by atoms with Crippen LogP contribution in [0.5, 0.6) is 5.75 Å². The molecule has 0 bridgehead atoms. The first kappa shape index (κ1) is 21.2. The lowest BCUT2D eigenvalue weighted by molar-refractivity contribution is 0.0284. The fourth-order valence-corrected chi connectivity index (χ4v) is 2.93. The number of nitrogens with zero attached hydrogens (tertiary/aromatic N) is 5. The molecule has 0 aliphatic rings. The van der Waals surface area contributed by atoms with Crippen molar-refractivity contribution in [3.63, 3.8) is 0 Å². The predicted molar refractivity (Wildman–Crippen MR) is 118 cm³/mol. The van der Waals surface area contributed by atoms with E-state index in [-0.39, 0.29) is 18.2 Å². The molecule has 0 aliphatic heterocycles. The van der Waals surface area contributed by atoms with Crippen LogP contribution in [0, 0.1) is 0 Å². The average Bonchev–Trinajstić information content (AvgIpc) is 3.42. The molecule has 10 heteroatoms. The second-order valence-electron chi connectivity index (χ2n) is 7.88. The summed E-state index contributed by atoms with van der Waals surface area (Å²) < 4.78 is 7.13. The van der Waals surface area contributed by atoms with Gasteiger partial charge in [0.15, 0.2) is 0 Å². The van der Waals surface area contributed by atoms with Gasteiger partial charge in [0.05, 0.1) is 34.6 Å². The van der Waals surface area contributed by atoms with E-state index in [0.29, 0.717) is 28.5 Å². The molecule has 4 aromatic heterocycles. The molecular formula is C22H23N7O3. The minimum Gasteiger partial charge on any atom is -0.489 e. The molecule has 0 aromatic carbocycles. The maximum atomic E-state index is 12.9. The summed E-state index contributed by atoms with van der Waals surface area (Å²) >= 11 is 0. The molecule has 10 nitrogen and oxygen atoms in total. The summed E-state index contributed by atoms with van der Waals surface area (Å²) in [6, 6.07) is 10.5. The molecule has 4 rings (SSSR count). The lowest BCUT2D eigenvalue weighted by Gasteiger charge is -2.17. The highest BCUT2D eigenvalue weighted by atomic mass is 16.5. The standard InChI is InChI=1S/C22H23N7O3/c1-22(2,31)13-32-14-7-8-17(23-11-14)20-19(12-29(3)28-20)26-21(30)18-6-4-5-15(25-18)16-9-10-24-27-16/h4-12,31H,13H2,1-3H3,(H,24,27)(H,26,30). The number of aromatic nitrogens is 6. The van der Waals surface area contributed by atoms with E-state index >= 15 is 0 Å². The highest BCUT2D eigenvalue weighted by Gasteiger charge is 2.17. The molecule has 0 aliphatic carbocycles. The van der Waals surface area contributed by atoms with Crippen molar-refractivity contribution in [2.45, 2.75) is 19.4 Å². The van der Waals surface area contributed by atoms with Gasteiger partial charge in [0.2, 0.25) is 0 Å². The van der Waals surface area contributed by atoms with Crippen molar-refractivity contribution in [1.82, 2.24) is 29.9 Å². The lowest BCUT2D eigenvalue weighted by atomic mass is 10.2. The molecule has 32 heavy (non-hydrogen) atoms. The molecule has 164 valence electrons. The van der Waals surface area contributed by atoms with Crippen LogP contribution in [0.2, 0.25) is 0 Å². The van der Waals surface area contributed by atoms with Crippen molar-refractivity contribution < 1.29 is 14.6 Å². The van der Waals surface area contributed by atoms with Crippen molar-refractivity contribution in [1.29, 1.82) is 0 Å². The van der Waals surface area contributed by atoms with Crippen LogP contribution in [0.1, 0.15) is 24.3 Å². The van der Waals surface area contributed by atoms with E-state index in [2.05, 4.69) is 30.6 Å². The number of hydrogen-bond donors (Lipinski definition) is 3. The number of rotatable bonds is 7. The zero-order valence-electron chi connectivity index (χ0n) is 17.9. The summed E-state index contributed by atoms with van der Waals surface area (Å²) in [6.45, 7) is 3.47. The lowest BCUT2D eigenvalue weighted by Crippen LogP contribution is -2.27. The van der Waals surface area contributed by atoms with Gasteiger partial charge in [0, 0.05) is 19.4 Å². The summed E-state index contributed by atoms with van der Waals surface area (Å²) in [5, 5.41) is 23.8. The molecule has 0 radical (unpaired) electrons. The highest BCUT2D eigenvalue weighted by Crippen LogP contribution is 2.26. The monoisotopic (exact) mass is 433 g/mol. The number of carbonyl (C=O) groups excluding carboxylic acids is 1. The zero-order chi connectivity index (χ0) is 22.7. The average molecular weight is 433 g/mol. The summed E-state index contributed by atoms with van der Waals surface area (Å²) in [5.74, 6) is 0.156. The third kappa shape index (κ3) is 4.98. The van der Waals surface area contributed by atoms with Crippen molar-refractivity contribution in [3.8, 4) is 28.5 Å². The van der Waals surface area contributed by atoms with Crippen LogP contribution in [-0.4, -0.2) is 53.2 Å². The number of hydrogen-bond acceptors (Lipinski definition) is 7. The normalized spacial score (nSPS) is 11.4. The molecule has 0 unspecified atom stereocenters. The van der Waals surface area contributed by atoms with E-state index in [1.807, 2.05) is 0 Å². The van der Waals surface area contributed by atoms with Gasteiger partial charge in [-0.1, -0.05) is 6.07 Å². The Morgan fingerprint density at radius 1 is 1.22 bits per heavy atom. The van der Waals surface area contributed by atoms with E-state index in [1.54, 1.807) is 80.6 Å². The molecule has 0 fully saturated rings. The van der Waals surface area contributed by atoms with Crippen LogP contribution in [-0.2, 0) is 7.05 Å². The number of ether oxygens (including phenoxy) is 1. The van der Waals surface area contributed by atoms with Gasteiger partial charge >= 0.3 is 0 Å². The van der Waals surface area contributed by atoms with Crippen LogP contribution in [0.4, 0.5) is 5.69 Å². The zero-order valence-corrected chi connectivity index (χ0v) is 17.9. The molecule has 4 heterocycles. The van der Waals surface area contributed by atoms with Crippen LogP contribution in [0.3, 0.4) is 0 Å². The van der Waals surface area contributed by atoms with Gasteiger partial charge in [-0.2, -0.15) is 10.2 Å². The number of carbonyl (C=O) groups is 1. The first-order valence-corrected chi connectivity index (χ1v) is 9.92. The largest absolute Gasteiger partial charge is 0.489 e. The Morgan fingerprint density at radius 2 is 2.06 bits per heavy atom. The maximum absolute atomic E-state index is 12.9. The van der Waals surface area contributed by atoms with E-state index in [0.717, 1.165) is 5.69 Å². The number of aryl methyl sites for hydroxylation is 1. The molecule has 1 amide bonds. The molecule has 3 N–H and O–H groups in total. The summed E-state index contributed by atoms with van der Waals surface area (Å²) in [6.07, 6.45) is 4.88. The van der Waals surface area contributed by atoms with E-state index < -0.39 is 5.60 Å². The minimum atomic E-state index is -0.945. The third-order valence-corrected chi connectivity index (χ3v) is 4.41. The van der Waals surface area contributed by atoms with Crippen molar-refractivity contribution in [2.24, 2.45) is 7.05 Å². The Kier molecular flexibility index (Phi) is 5.69. The van der Waals surface area contributed by atoms with E-state index in [4.69, 9.17) is 4.74 Å². The van der Waals surface area contributed by atoms with Gasteiger partial charge in [-0.15, -0.1) is 0 Å². The Labute approximate surface area is 184 Å². The summed E-state index contributed by atoms with van der Waals surface area (Å²) in [5.41, 5.74) is 2.23. The van der Waals surface area contributed by atoms with Crippen molar-refractivity contribution >= 4 is 11.6 Å². The molecule has 4 aromatic rings. The first-order chi connectivity index (χ1) is 15.3. The van der Waals surface area contributed by atoms with Crippen molar-refractivity contribution in [3.05, 3.63) is 60.7 Å². The van der Waals surface area contributed by atoms with Crippen LogP contribution >= 0.6 is 0 Å². The SMILES string of the molecule is Cn1cc(NC(=O)c2cccc(-c3ccn[nH]3)n2)c(-c2ccc(OCC(C)(C)O)cn2)n1. The Hall–Kier alpha value is -4.05. The number of H-pyrrole nitrogens is 1. The van der Waals surface area contributed by atoms with E-state index in [9.17, 15) is 9.90 Å². The number of aromatic amines is 1. The number of nitrogens with one attached hydrogen (secondary N) is 2. The second kappa shape index (κ2) is 8.60. The number of anilines is 1. The van der Waals surface area contributed by atoms with Gasteiger partial charge in [0.25, 0.3) is 5.91 Å². The smallest absolute Gasteiger partial charge is 0.274 e. The second-order valence-corrected chi connectivity index (χ2v) is 7.88. The summed E-state index contributed by atoms with van der Waals surface area (Å²) in [4.78, 5) is 21.7. The minimum absolute atomic E-state index is 0.142. The Morgan fingerprint density at radius 3 is 2.75 bits per heavy atom. The number of amides is 1. The predicted octanol–water partition coefficient (Wildman–Crippen LogP) is 2.67. The first-order valence-electron chi connectivity index (χ1n) is 9.92. The van der Waals surface area contributed by atoms with Gasteiger partial charge in [-0.25, -0.2) is 4.98 Å². The molecule has 0 saturated heterocycles. The van der Waals surface area contributed by atoms with E-state index in [1.165, 1.54) is 0 Å². The van der Waals surface area contributed by atoms with Gasteiger partial charge in [-0.05, 0) is 44.2 Å². The quantitative estimate of drug-likeness (QED) is 0.408. The van der Waals surface area contributed by atoms with Gasteiger partial charge in [-0.3, -0.25) is 19.6 Å². The summed E-state index contributed by atoms with van der Waals surface area (Å²) in [7, 11) is 1.76. The van der Waals surface area contributed by atoms with Crippen molar-refractivity contribution in [2.75, 3.05) is 11.9 Å². The van der Waals surface area contributed by atoms with Crippen LogP contribution in [0.25, 0.3) is 22.8 Å².